The van der Waals surface area contributed by atoms with Gasteiger partial charge in [-0.25, -0.2) is 0 Å². The van der Waals surface area contributed by atoms with Crippen LogP contribution in [0.1, 0.15) is 94.5 Å². The minimum atomic E-state index is -0.0789. The first kappa shape index (κ1) is 25.3. The lowest BCUT2D eigenvalue weighted by atomic mass is 9.81. The molecule has 1 heterocycles. The summed E-state index contributed by atoms with van der Waals surface area (Å²) in [7, 11) is 0.645. The van der Waals surface area contributed by atoms with Gasteiger partial charge in [0, 0.05) is 17.3 Å². The van der Waals surface area contributed by atoms with Gasteiger partial charge >= 0.3 is 0 Å². The Balaban J connectivity index is 2.05. The molecule has 2 nitrogen and oxygen atoms in total. The van der Waals surface area contributed by atoms with E-state index in [2.05, 4.69) is 83.7 Å². The van der Waals surface area contributed by atoms with E-state index < -0.39 is 0 Å². The monoisotopic (exact) mass is 453 g/mol. The molecule has 2 aromatic carbocycles. The molecule has 1 unspecified atom stereocenters. The summed E-state index contributed by atoms with van der Waals surface area (Å²) in [6, 6.07) is 11.5. The molecule has 1 N–H and O–H groups in total. The molecule has 0 aromatic heterocycles. The van der Waals surface area contributed by atoms with Crippen LogP contribution in [0, 0.1) is 13.8 Å². The van der Waals surface area contributed by atoms with Gasteiger partial charge in [-0.2, -0.15) is 0 Å². The van der Waals surface area contributed by atoms with Crippen molar-refractivity contribution in [1.29, 1.82) is 0 Å². The Morgan fingerprint density at radius 2 is 1.50 bits per heavy atom. The van der Waals surface area contributed by atoms with Gasteiger partial charge in [-0.1, -0.05) is 91.1 Å². The van der Waals surface area contributed by atoms with Gasteiger partial charge in [0.05, 0.1) is 0 Å². The maximum absolute atomic E-state index is 11.5. The molecule has 2 aromatic rings. The van der Waals surface area contributed by atoms with E-state index in [4.69, 9.17) is 0 Å². The smallest absolute Gasteiger partial charge is 0.123 e. The largest absolute Gasteiger partial charge is 0.507 e. The second-order valence-electron chi connectivity index (χ2n) is 10.9. The van der Waals surface area contributed by atoms with Crippen molar-refractivity contribution < 1.29 is 5.11 Å². The predicted molar refractivity (Wildman–Crippen MR) is 142 cm³/mol. The van der Waals surface area contributed by atoms with Crippen LogP contribution in [0.5, 0.6) is 5.75 Å². The predicted octanol–water partition coefficient (Wildman–Crippen LogP) is 7.31. The highest BCUT2D eigenvalue weighted by Crippen LogP contribution is 2.52. The number of hydrogen-bond acceptors (Lipinski definition) is 2. The van der Waals surface area contributed by atoms with Gasteiger partial charge in [-0.3, -0.25) is 4.90 Å². The lowest BCUT2D eigenvalue weighted by molar-refractivity contribution is 0.221. The Kier molecular flexibility index (Phi) is 8.11. The molecule has 1 aliphatic rings. The van der Waals surface area contributed by atoms with E-state index in [0.29, 0.717) is 14.3 Å². The van der Waals surface area contributed by atoms with Crippen LogP contribution in [-0.4, -0.2) is 23.1 Å². The minimum absolute atomic E-state index is 0.0397. The molecule has 176 valence electrons. The molecule has 1 atom stereocenters. The van der Waals surface area contributed by atoms with Gasteiger partial charge in [-0.15, -0.1) is 0 Å². The molecule has 0 bridgehead atoms. The van der Waals surface area contributed by atoms with Crippen LogP contribution in [0.3, 0.4) is 0 Å². The maximum atomic E-state index is 11.5. The molecule has 1 fully saturated rings. The van der Waals surface area contributed by atoms with E-state index in [1.54, 1.807) is 0 Å². The first-order valence-electron chi connectivity index (χ1n) is 12.5. The quantitative estimate of drug-likeness (QED) is 0.444. The van der Waals surface area contributed by atoms with E-state index in [-0.39, 0.29) is 10.6 Å². The Labute approximate surface area is 198 Å². The number of aryl methyl sites for hydroxylation is 2. The number of likely N-dealkylation sites (tertiary alicyclic amines) is 1. The van der Waals surface area contributed by atoms with Crippen LogP contribution in [0.25, 0.3) is 0 Å². The fraction of sp³-hybridized carbons (Fsp3) is 0.586. The van der Waals surface area contributed by atoms with Gasteiger partial charge in [0.2, 0.25) is 0 Å². The van der Waals surface area contributed by atoms with Crippen molar-refractivity contribution in [3.63, 3.8) is 0 Å². The molecule has 1 saturated heterocycles. The molecule has 32 heavy (non-hydrogen) atoms. The second-order valence-corrected chi connectivity index (χ2v) is 12.6. The first-order valence-corrected chi connectivity index (χ1v) is 13.5. The highest BCUT2D eigenvalue weighted by atomic mass is 31.1. The van der Waals surface area contributed by atoms with Crippen molar-refractivity contribution in [2.75, 3.05) is 13.1 Å². The summed E-state index contributed by atoms with van der Waals surface area (Å²) >= 11 is 0. The third-order valence-corrected chi connectivity index (χ3v) is 9.47. The number of benzene rings is 2. The number of aromatic hydroxyl groups is 1. The van der Waals surface area contributed by atoms with Gasteiger partial charge < -0.3 is 5.11 Å². The fourth-order valence-electron chi connectivity index (χ4n) is 5.18. The number of rotatable bonds is 7. The van der Waals surface area contributed by atoms with Crippen molar-refractivity contribution in [1.82, 2.24) is 4.90 Å². The lowest BCUT2D eigenvalue weighted by Crippen LogP contribution is -2.31. The standard InChI is InChI=1S/C29H44NOP/c1-8-29(9-2,25-19-22(4)18-24(27(25)31)28(5,6)7)32-26-14-13-21(3)17-23(26)20-30-15-11-10-12-16-30/h13-14,17-19,31-32H,8-12,15-16,20H2,1-7H3. The molecule has 0 aliphatic carbocycles. The zero-order valence-corrected chi connectivity index (χ0v) is 22.4. The topological polar surface area (TPSA) is 23.5 Å². The van der Waals surface area contributed by atoms with Crippen molar-refractivity contribution in [3.8, 4) is 5.75 Å². The Bertz CT molecular complexity index is 917. The fourth-order valence-corrected chi connectivity index (χ4v) is 6.85. The Morgan fingerprint density at radius 1 is 0.875 bits per heavy atom. The summed E-state index contributed by atoms with van der Waals surface area (Å²) in [6.07, 6.45) is 6.07. The average Bonchev–Trinajstić information content (AvgIpc) is 2.75. The zero-order valence-electron chi connectivity index (χ0n) is 21.4. The molecule has 0 amide bonds. The third kappa shape index (κ3) is 5.57. The van der Waals surface area contributed by atoms with Crippen molar-refractivity contribution >= 4 is 13.9 Å². The van der Waals surface area contributed by atoms with Crippen molar-refractivity contribution in [2.45, 2.75) is 97.7 Å². The van der Waals surface area contributed by atoms with Crippen LogP contribution in [0.4, 0.5) is 0 Å². The van der Waals surface area contributed by atoms with Crippen molar-refractivity contribution in [3.05, 3.63) is 58.1 Å². The molecule has 3 rings (SSSR count). The summed E-state index contributed by atoms with van der Waals surface area (Å²) in [5.41, 5.74) is 6.22. The highest BCUT2D eigenvalue weighted by molar-refractivity contribution is 7.48. The van der Waals surface area contributed by atoms with E-state index in [0.717, 1.165) is 30.5 Å². The van der Waals surface area contributed by atoms with Gasteiger partial charge in [0.15, 0.2) is 0 Å². The van der Waals surface area contributed by atoms with Crippen LogP contribution in [0.2, 0.25) is 0 Å². The molecule has 0 saturated carbocycles. The van der Waals surface area contributed by atoms with Crippen LogP contribution in [0.15, 0.2) is 30.3 Å². The third-order valence-electron chi connectivity index (χ3n) is 7.26. The number of piperidine rings is 1. The van der Waals surface area contributed by atoms with Crippen LogP contribution in [-0.2, 0) is 17.1 Å². The zero-order chi connectivity index (χ0) is 23.5. The second kappa shape index (κ2) is 10.3. The molecular weight excluding hydrogens is 409 g/mol. The average molecular weight is 454 g/mol. The van der Waals surface area contributed by atoms with Crippen LogP contribution < -0.4 is 5.30 Å². The molecule has 1 aliphatic heterocycles. The molecule has 0 radical (unpaired) electrons. The van der Waals surface area contributed by atoms with E-state index in [1.165, 1.54) is 54.3 Å². The van der Waals surface area contributed by atoms with Crippen molar-refractivity contribution in [2.24, 2.45) is 0 Å². The summed E-state index contributed by atoms with van der Waals surface area (Å²) in [5, 5.41) is 12.9. The number of hydrogen-bond donors (Lipinski definition) is 1. The normalized spacial score (nSPS) is 16.2. The lowest BCUT2D eigenvalue weighted by Gasteiger charge is -2.36. The maximum Gasteiger partial charge on any atom is 0.123 e. The van der Waals surface area contributed by atoms with Gasteiger partial charge in [0.1, 0.15) is 5.75 Å². The van der Waals surface area contributed by atoms with E-state index in [1.807, 2.05) is 0 Å². The highest BCUT2D eigenvalue weighted by Gasteiger charge is 2.35. The van der Waals surface area contributed by atoms with E-state index in [9.17, 15) is 5.11 Å². The number of phenolic OH excluding ortho intramolecular Hbond substituents is 1. The summed E-state index contributed by atoms with van der Waals surface area (Å²) in [5.74, 6) is 0.518. The van der Waals surface area contributed by atoms with E-state index >= 15 is 0 Å². The van der Waals surface area contributed by atoms with Gasteiger partial charge in [-0.05, 0) is 74.5 Å². The van der Waals surface area contributed by atoms with Gasteiger partial charge in [0.25, 0.3) is 0 Å². The number of phenols is 1. The molecule has 3 heteroatoms. The summed E-state index contributed by atoms with van der Waals surface area (Å²) < 4.78 is 0. The molecule has 0 spiro atoms. The number of nitrogens with zero attached hydrogens (tertiary/aromatic N) is 1. The Hall–Kier alpha value is -1.37. The van der Waals surface area contributed by atoms with Crippen LogP contribution >= 0.6 is 8.58 Å². The first-order chi connectivity index (χ1) is 15.1. The summed E-state index contributed by atoms with van der Waals surface area (Å²) in [6.45, 7) is 19.1. The summed E-state index contributed by atoms with van der Waals surface area (Å²) in [4.78, 5) is 2.63. The SMILES string of the molecule is CCC(CC)(Pc1ccc(C)cc1CN1CCCCC1)c1cc(C)cc(C(C)(C)C)c1O. The minimum Gasteiger partial charge on any atom is -0.507 e. The molecular formula is C29H44NOP. The Morgan fingerprint density at radius 3 is 2.09 bits per heavy atom.